The van der Waals surface area contributed by atoms with Crippen molar-refractivity contribution < 1.29 is 9.53 Å². The number of carbonyl (C=O) groups is 1. The summed E-state index contributed by atoms with van der Waals surface area (Å²) in [6.07, 6.45) is 1.42. The molecule has 9 heteroatoms. The van der Waals surface area contributed by atoms with Crippen molar-refractivity contribution in [3.63, 3.8) is 0 Å². The molecule has 2 aromatic heterocycles. The van der Waals surface area contributed by atoms with E-state index in [9.17, 15) is 4.79 Å². The molecule has 188 valence electrons. The second-order valence-electron chi connectivity index (χ2n) is 8.61. The molecule has 2 aromatic carbocycles. The summed E-state index contributed by atoms with van der Waals surface area (Å²) in [5.74, 6) is 2.24. The van der Waals surface area contributed by atoms with Gasteiger partial charge < -0.3 is 15.4 Å². The van der Waals surface area contributed by atoms with Crippen molar-refractivity contribution in [2.24, 2.45) is 0 Å². The number of amides is 2. The lowest BCUT2D eigenvalue weighted by atomic mass is 9.92. The van der Waals surface area contributed by atoms with E-state index in [2.05, 4.69) is 46.7 Å². The van der Waals surface area contributed by atoms with E-state index in [-0.39, 0.29) is 11.4 Å². The van der Waals surface area contributed by atoms with Crippen LogP contribution in [0.2, 0.25) is 0 Å². The van der Waals surface area contributed by atoms with Gasteiger partial charge in [-0.2, -0.15) is 5.10 Å². The lowest BCUT2D eigenvalue weighted by molar-refractivity contribution is 0.262. The third-order valence-electron chi connectivity index (χ3n) is 4.95. The molecule has 0 fully saturated rings. The first kappa shape index (κ1) is 26.2. The van der Waals surface area contributed by atoms with Crippen molar-refractivity contribution >= 4 is 23.4 Å². The molecule has 0 aliphatic carbocycles. The Morgan fingerprint density at radius 1 is 0.917 bits per heavy atom. The Hall–Kier alpha value is -4.40. The predicted molar refractivity (Wildman–Crippen MR) is 144 cm³/mol. The van der Waals surface area contributed by atoms with Gasteiger partial charge in [-0.25, -0.2) is 19.4 Å². The highest BCUT2D eigenvalue weighted by Crippen LogP contribution is 2.27. The number of carbonyl (C=O) groups excluding carboxylic acids is 1. The number of para-hydroxylation sites is 1. The first-order valence-corrected chi connectivity index (χ1v) is 11.8. The fraction of sp³-hybridized carbons (Fsp3) is 0.259. The van der Waals surface area contributed by atoms with Crippen LogP contribution in [0.5, 0.6) is 11.6 Å². The molecule has 0 saturated carbocycles. The Morgan fingerprint density at radius 2 is 1.61 bits per heavy atom. The van der Waals surface area contributed by atoms with Crippen molar-refractivity contribution in [2.75, 3.05) is 23.0 Å². The van der Waals surface area contributed by atoms with Crippen LogP contribution in [0.1, 0.15) is 40.3 Å². The number of benzene rings is 2. The van der Waals surface area contributed by atoms with Crippen LogP contribution in [0.25, 0.3) is 5.69 Å². The highest BCUT2D eigenvalue weighted by molar-refractivity contribution is 5.99. The summed E-state index contributed by atoms with van der Waals surface area (Å²) in [6, 6.07) is 19.9. The quantitative estimate of drug-likeness (QED) is 0.288. The third-order valence-corrected chi connectivity index (χ3v) is 4.95. The molecule has 4 rings (SSSR count). The number of nitrogens with one attached hydrogen (secondary N) is 3. The van der Waals surface area contributed by atoms with E-state index in [1.807, 2.05) is 50.2 Å². The van der Waals surface area contributed by atoms with Gasteiger partial charge in [0, 0.05) is 30.3 Å². The van der Waals surface area contributed by atoms with Gasteiger partial charge in [-0.05, 0) is 36.4 Å². The number of anilines is 3. The summed E-state index contributed by atoms with van der Waals surface area (Å²) in [5.41, 5.74) is 2.19. The summed E-state index contributed by atoms with van der Waals surface area (Å²) in [6.45, 7) is 10.2. The van der Waals surface area contributed by atoms with E-state index in [1.54, 1.807) is 42.1 Å². The lowest BCUT2D eigenvalue weighted by Gasteiger charge is -2.14. The molecule has 0 spiro atoms. The van der Waals surface area contributed by atoms with Gasteiger partial charge in [-0.15, -0.1) is 0 Å². The van der Waals surface area contributed by atoms with E-state index in [1.165, 1.54) is 6.33 Å². The molecule has 9 nitrogen and oxygen atoms in total. The van der Waals surface area contributed by atoms with Crippen molar-refractivity contribution in [3.8, 4) is 17.3 Å². The summed E-state index contributed by atoms with van der Waals surface area (Å²) in [7, 11) is 1.77. The molecule has 0 aliphatic rings. The fourth-order valence-electron chi connectivity index (χ4n) is 3.14. The molecule has 4 aromatic rings. The minimum Gasteiger partial charge on any atom is -0.439 e. The van der Waals surface area contributed by atoms with Gasteiger partial charge in [-0.3, -0.25) is 5.32 Å². The number of nitrogens with zero attached hydrogens (tertiary/aromatic N) is 4. The Labute approximate surface area is 211 Å². The van der Waals surface area contributed by atoms with Gasteiger partial charge in [0.25, 0.3) is 0 Å². The zero-order valence-corrected chi connectivity index (χ0v) is 21.5. The number of urea groups is 1. The van der Waals surface area contributed by atoms with E-state index in [0.29, 0.717) is 29.0 Å². The van der Waals surface area contributed by atoms with Crippen molar-refractivity contribution in [1.29, 1.82) is 0 Å². The second-order valence-corrected chi connectivity index (χ2v) is 8.61. The van der Waals surface area contributed by atoms with Gasteiger partial charge in [0.05, 0.1) is 11.4 Å². The zero-order valence-electron chi connectivity index (χ0n) is 21.5. The average Bonchev–Trinajstić information content (AvgIpc) is 3.31. The summed E-state index contributed by atoms with van der Waals surface area (Å²) < 4.78 is 7.48. The van der Waals surface area contributed by atoms with Crippen LogP contribution in [0.3, 0.4) is 0 Å². The molecular formula is C27H33N7O2. The second kappa shape index (κ2) is 11.8. The largest absolute Gasteiger partial charge is 0.439 e. The highest BCUT2D eigenvalue weighted by Gasteiger charge is 2.21. The molecule has 0 bridgehead atoms. The summed E-state index contributed by atoms with van der Waals surface area (Å²) in [5, 5.41) is 13.4. The van der Waals surface area contributed by atoms with E-state index in [4.69, 9.17) is 9.84 Å². The Balaban J connectivity index is 0.00000176. The van der Waals surface area contributed by atoms with Crippen LogP contribution in [0.15, 0.2) is 73.1 Å². The van der Waals surface area contributed by atoms with Crippen molar-refractivity contribution in [2.45, 2.75) is 40.0 Å². The molecule has 2 heterocycles. The maximum Gasteiger partial charge on any atom is 0.324 e. The molecule has 0 unspecified atom stereocenters. The predicted octanol–water partition coefficient (Wildman–Crippen LogP) is 6.46. The highest BCUT2D eigenvalue weighted by atomic mass is 16.5. The normalized spacial score (nSPS) is 10.6. The van der Waals surface area contributed by atoms with Gasteiger partial charge in [0.15, 0.2) is 0 Å². The average molecular weight is 488 g/mol. The monoisotopic (exact) mass is 487 g/mol. The third kappa shape index (κ3) is 6.82. The van der Waals surface area contributed by atoms with Crippen LogP contribution >= 0.6 is 0 Å². The minimum absolute atomic E-state index is 0.166. The number of aromatic nitrogens is 4. The molecular weight excluding hydrogens is 454 g/mol. The summed E-state index contributed by atoms with van der Waals surface area (Å²) >= 11 is 0. The first-order chi connectivity index (χ1) is 17.3. The molecule has 2 amide bonds. The Morgan fingerprint density at radius 3 is 2.25 bits per heavy atom. The van der Waals surface area contributed by atoms with Gasteiger partial charge in [0.2, 0.25) is 5.88 Å². The smallest absolute Gasteiger partial charge is 0.324 e. The molecule has 0 atom stereocenters. The fourth-order valence-corrected chi connectivity index (χ4v) is 3.14. The number of hydrogen-bond donors (Lipinski definition) is 3. The maximum absolute atomic E-state index is 12.8. The zero-order chi connectivity index (χ0) is 26.1. The lowest BCUT2D eigenvalue weighted by Crippen LogP contribution is -2.21. The Bertz CT molecular complexity index is 1260. The SMILES string of the molecule is CC.CNc1cc(Oc2ccc(NC(=O)Nc3cc(C(C)(C)C)nn3-c3ccccc3)cc2)ncn1. The van der Waals surface area contributed by atoms with Gasteiger partial charge >= 0.3 is 6.03 Å². The van der Waals surface area contributed by atoms with Crippen LogP contribution in [-0.4, -0.2) is 32.8 Å². The van der Waals surface area contributed by atoms with Crippen LogP contribution in [-0.2, 0) is 5.41 Å². The van der Waals surface area contributed by atoms with Crippen molar-refractivity contribution in [1.82, 2.24) is 19.7 Å². The maximum atomic E-state index is 12.8. The van der Waals surface area contributed by atoms with Crippen LogP contribution < -0.4 is 20.7 Å². The topological polar surface area (TPSA) is 106 Å². The number of hydrogen-bond acceptors (Lipinski definition) is 6. The van der Waals surface area contributed by atoms with Gasteiger partial charge in [0.1, 0.15) is 23.7 Å². The standard InChI is InChI=1S/C25H27N7O2.C2H6/c1-25(2,3)20-14-22(32(31-20)18-8-6-5-7-9-18)30-24(33)29-17-10-12-19(13-11-17)34-23-15-21(26-4)27-16-28-23;1-2/h5-16H,1-4H3,(H,26,27,28)(H2,29,30,33);1-2H3. The molecule has 36 heavy (non-hydrogen) atoms. The molecule has 0 radical (unpaired) electrons. The van der Waals surface area contributed by atoms with Gasteiger partial charge in [-0.1, -0.05) is 52.8 Å². The van der Waals surface area contributed by atoms with Crippen LogP contribution in [0, 0.1) is 0 Å². The Kier molecular flexibility index (Phi) is 8.61. The first-order valence-electron chi connectivity index (χ1n) is 11.8. The number of rotatable bonds is 6. The summed E-state index contributed by atoms with van der Waals surface area (Å²) in [4.78, 5) is 20.9. The molecule has 0 aliphatic heterocycles. The van der Waals surface area contributed by atoms with E-state index >= 15 is 0 Å². The van der Waals surface area contributed by atoms with E-state index in [0.717, 1.165) is 11.4 Å². The molecule has 0 saturated heterocycles. The van der Waals surface area contributed by atoms with Crippen LogP contribution in [0.4, 0.5) is 22.1 Å². The van der Waals surface area contributed by atoms with Crippen molar-refractivity contribution in [3.05, 3.63) is 78.8 Å². The minimum atomic E-state index is -0.374. The molecule has 3 N–H and O–H groups in total. The number of ether oxygens (including phenoxy) is 1. The van der Waals surface area contributed by atoms with E-state index < -0.39 is 0 Å².